The van der Waals surface area contributed by atoms with Crippen LogP contribution in [-0.2, 0) is 9.59 Å². The minimum Gasteiger partial charge on any atom is -0.394 e. The molecule has 0 aromatic heterocycles. The van der Waals surface area contributed by atoms with Crippen LogP contribution in [0, 0.1) is 11.8 Å². The Labute approximate surface area is 182 Å². The lowest BCUT2D eigenvalue weighted by Crippen LogP contribution is -2.56. The van der Waals surface area contributed by atoms with Crippen molar-refractivity contribution >= 4 is 29.5 Å². The zero-order valence-corrected chi connectivity index (χ0v) is 18.7. The van der Waals surface area contributed by atoms with Crippen LogP contribution in [0.2, 0.25) is 0 Å². The van der Waals surface area contributed by atoms with Crippen molar-refractivity contribution in [3.8, 4) is 0 Å². The Balaban J connectivity index is 1.69. The van der Waals surface area contributed by atoms with Crippen molar-refractivity contribution in [2.75, 3.05) is 12.4 Å². The molecule has 0 spiro atoms. The highest BCUT2D eigenvalue weighted by Crippen LogP contribution is 2.48. The van der Waals surface area contributed by atoms with Gasteiger partial charge in [0.25, 0.3) is 5.91 Å². The van der Waals surface area contributed by atoms with Crippen molar-refractivity contribution in [1.29, 1.82) is 0 Å². The van der Waals surface area contributed by atoms with Gasteiger partial charge in [-0.15, -0.1) is 11.8 Å². The molecule has 0 saturated carbocycles. The number of hydrogen-bond donors (Lipinski definition) is 3. The second kappa shape index (κ2) is 9.39. The number of fused-ring (bicyclic) bond motifs is 3. The summed E-state index contributed by atoms with van der Waals surface area (Å²) < 4.78 is 0. The average Bonchev–Trinajstić information content (AvgIpc) is 3.25. The van der Waals surface area contributed by atoms with Gasteiger partial charge in [-0.2, -0.15) is 0 Å². The molecular weight excluding hydrogens is 402 g/mol. The van der Waals surface area contributed by atoms with Crippen molar-refractivity contribution in [3.63, 3.8) is 0 Å². The van der Waals surface area contributed by atoms with Crippen LogP contribution in [0.3, 0.4) is 0 Å². The van der Waals surface area contributed by atoms with Crippen LogP contribution in [0.5, 0.6) is 0 Å². The Morgan fingerprint density at radius 3 is 2.53 bits per heavy atom. The molecule has 4 atom stereocenters. The Kier molecular flexibility index (Phi) is 7.08. The van der Waals surface area contributed by atoms with E-state index in [-0.39, 0.29) is 41.7 Å². The van der Waals surface area contributed by atoms with Crippen molar-refractivity contribution in [3.05, 3.63) is 35.4 Å². The largest absolute Gasteiger partial charge is 0.394 e. The third kappa shape index (κ3) is 4.49. The summed E-state index contributed by atoms with van der Waals surface area (Å²) in [5.41, 5.74) is 1.59. The standard InChI is InChI=1S/C22H31N3O4S/c1-12(2)9-14(10-26)23-20(28)18(13(3)4)24-19(27)17-11-30-22-16-8-6-5-7-15(16)21(29)25(17)22/h5-8,12-14,17-18,22,26H,9-11H2,1-4H3,(H,23,28)(H,24,27)/t14-,17+,18-,22+/m0/s1. The molecule has 3 N–H and O–H groups in total. The van der Waals surface area contributed by atoms with Gasteiger partial charge in [-0.25, -0.2) is 0 Å². The summed E-state index contributed by atoms with van der Waals surface area (Å²) in [7, 11) is 0. The van der Waals surface area contributed by atoms with E-state index in [0.717, 1.165) is 5.56 Å². The number of nitrogens with zero attached hydrogens (tertiary/aromatic N) is 1. The minimum atomic E-state index is -0.733. The molecule has 164 valence electrons. The van der Waals surface area contributed by atoms with E-state index in [4.69, 9.17) is 0 Å². The third-order valence-corrected chi connectivity index (χ3v) is 6.87. The SMILES string of the molecule is CC(C)C[C@@H](CO)NC(=O)[C@@H](NC(=O)[C@H]1CS[C@@H]2c3ccccc3C(=O)N12)C(C)C. The number of hydrogen-bond acceptors (Lipinski definition) is 5. The highest BCUT2D eigenvalue weighted by molar-refractivity contribution is 7.99. The van der Waals surface area contributed by atoms with Gasteiger partial charge in [0.2, 0.25) is 11.8 Å². The fourth-order valence-electron chi connectivity index (χ4n) is 4.07. The van der Waals surface area contributed by atoms with Crippen LogP contribution in [0.25, 0.3) is 0 Å². The van der Waals surface area contributed by atoms with E-state index >= 15 is 0 Å². The van der Waals surface area contributed by atoms with Crippen molar-refractivity contribution in [1.82, 2.24) is 15.5 Å². The first-order valence-electron chi connectivity index (χ1n) is 10.5. The number of carbonyl (C=O) groups excluding carboxylic acids is 3. The number of thioether (sulfide) groups is 1. The maximum absolute atomic E-state index is 13.1. The lowest BCUT2D eigenvalue weighted by molar-refractivity contribution is -0.132. The Hall–Kier alpha value is -2.06. The molecule has 1 fully saturated rings. The first-order chi connectivity index (χ1) is 14.2. The number of rotatable bonds is 8. The van der Waals surface area contributed by atoms with Crippen LogP contribution in [0.4, 0.5) is 0 Å². The number of benzene rings is 1. The monoisotopic (exact) mass is 433 g/mol. The van der Waals surface area contributed by atoms with Gasteiger partial charge in [0.15, 0.2) is 0 Å². The molecule has 2 aliphatic heterocycles. The van der Waals surface area contributed by atoms with E-state index in [9.17, 15) is 19.5 Å². The summed E-state index contributed by atoms with van der Waals surface area (Å²) >= 11 is 1.57. The van der Waals surface area contributed by atoms with Crippen molar-refractivity contribution in [2.24, 2.45) is 11.8 Å². The quantitative estimate of drug-likeness (QED) is 0.582. The van der Waals surface area contributed by atoms with Crippen molar-refractivity contribution < 1.29 is 19.5 Å². The van der Waals surface area contributed by atoms with E-state index in [1.54, 1.807) is 22.7 Å². The van der Waals surface area contributed by atoms with Gasteiger partial charge in [-0.1, -0.05) is 45.9 Å². The number of aliphatic hydroxyl groups excluding tert-OH is 1. The van der Waals surface area contributed by atoms with Crippen LogP contribution in [0.1, 0.15) is 55.4 Å². The molecule has 1 saturated heterocycles. The average molecular weight is 434 g/mol. The molecule has 2 aliphatic rings. The zero-order valence-electron chi connectivity index (χ0n) is 17.9. The maximum atomic E-state index is 13.1. The van der Waals surface area contributed by atoms with E-state index in [1.807, 2.05) is 45.9 Å². The van der Waals surface area contributed by atoms with Crippen molar-refractivity contribution in [2.45, 2.75) is 57.6 Å². The number of carbonyl (C=O) groups is 3. The summed E-state index contributed by atoms with van der Waals surface area (Å²) in [6.45, 7) is 7.63. The van der Waals surface area contributed by atoms with Crippen LogP contribution < -0.4 is 10.6 Å². The van der Waals surface area contributed by atoms with E-state index in [2.05, 4.69) is 10.6 Å². The highest BCUT2D eigenvalue weighted by Gasteiger charge is 2.48. The predicted octanol–water partition coefficient (Wildman–Crippen LogP) is 1.92. The van der Waals surface area contributed by atoms with Gasteiger partial charge in [-0.05, 0) is 29.9 Å². The molecule has 7 nitrogen and oxygen atoms in total. The molecule has 0 bridgehead atoms. The zero-order chi connectivity index (χ0) is 22.0. The van der Waals surface area contributed by atoms with Gasteiger partial charge >= 0.3 is 0 Å². The highest BCUT2D eigenvalue weighted by atomic mass is 32.2. The Morgan fingerprint density at radius 1 is 1.20 bits per heavy atom. The summed E-state index contributed by atoms with van der Waals surface area (Å²) in [4.78, 5) is 40.4. The molecule has 8 heteroatoms. The normalized spacial score (nSPS) is 22.1. The predicted molar refractivity (Wildman–Crippen MR) is 117 cm³/mol. The van der Waals surface area contributed by atoms with E-state index < -0.39 is 12.1 Å². The van der Waals surface area contributed by atoms with Gasteiger partial charge in [-0.3, -0.25) is 14.4 Å². The van der Waals surface area contributed by atoms with Gasteiger partial charge in [0, 0.05) is 11.3 Å². The molecular formula is C22H31N3O4S. The van der Waals surface area contributed by atoms with Gasteiger partial charge in [0.1, 0.15) is 17.5 Å². The number of nitrogens with one attached hydrogen (secondary N) is 2. The Bertz CT molecular complexity index is 813. The molecule has 30 heavy (non-hydrogen) atoms. The molecule has 1 aromatic rings. The summed E-state index contributed by atoms with van der Waals surface area (Å²) in [5, 5.41) is 15.1. The van der Waals surface area contributed by atoms with Gasteiger partial charge in [0.05, 0.1) is 12.6 Å². The number of aliphatic hydroxyl groups is 1. The molecule has 1 aromatic carbocycles. The summed E-state index contributed by atoms with van der Waals surface area (Å²) in [6, 6.07) is 5.75. The first kappa shape index (κ1) is 22.6. The Morgan fingerprint density at radius 2 is 1.90 bits per heavy atom. The first-order valence-corrected chi connectivity index (χ1v) is 11.5. The molecule has 3 rings (SSSR count). The molecule has 2 heterocycles. The summed E-state index contributed by atoms with van der Waals surface area (Å²) in [5.74, 6) is -0.0759. The molecule has 3 amide bonds. The smallest absolute Gasteiger partial charge is 0.256 e. The summed E-state index contributed by atoms with van der Waals surface area (Å²) in [6.07, 6.45) is 0.655. The topological polar surface area (TPSA) is 98.7 Å². The maximum Gasteiger partial charge on any atom is 0.256 e. The van der Waals surface area contributed by atoms with Crippen LogP contribution in [0.15, 0.2) is 24.3 Å². The molecule has 0 radical (unpaired) electrons. The third-order valence-electron chi connectivity index (χ3n) is 5.56. The fourth-order valence-corrected chi connectivity index (χ4v) is 5.53. The second-order valence-corrected chi connectivity index (χ2v) is 9.86. The number of amides is 3. The van der Waals surface area contributed by atoms with Gasteiger partial charge < -0.3 is 20.6 Å². The lowest BCUT2D eigenvalue weighted by atomic mass is 10.0. The second-order valence-electron chi connectivity index (χ2n) is 8.75. The molecule has 0 aliphatic carbocycles. The fraction of sp³-hybridized carbons (Fsp3) is 0.591. The molecule has 0 unspecified atom stereocenters. The minimum absolute atomic E-state index is 0.135. The van der Waals surface area contributed by atoms with E-state index in [1.165, 1.54) is 0 Å². The van der Waals surface area contributed by atoms with Crippen LogP contribution >= 0.6 is 11.8 Å². The van der Waals surface area contributed by atoms with E-state index in [0.29, 0.717) is 23.7 Å². The lowest BCUT2D eigenvalue weighted by Gasteiger charge is -2.28. The van der Waals surface area contributed by atoms with Crippen LogP contribution in [-0.4, -0.2) is 58.2 Å².